The Morgan fingerprint density at radius 3 is 1.57 bits per heavy atom. The first-order valence-corrected chi connectivity index (χ1v) is 12.1. The molecule has 3 nitrogen and oxygen atoms in total. The molecule has 2 aromatic rings. The van der Waals surface area contributed by atoms with Crippen LogP contribution in [0.15, 0.2) is 46.2 Å². The molecule has 0 aromatic heterocycles. The Bertz CT molecular complexity index is 742. The molecule has 5 heteroatoms. The fourth-order valence-electron chi connectivity index (χ4n) is 3.40. The lowest BCUT2D eigenvalue weighted by atomic mass is 10.1. The van der Waals surface area contributed by atoms with E-state index in [1.807, 2.05) is 37.6 Å². The lowest BCUT2D eigenvalue weighted by Crippen LogP contribution is -2.07. The molecule has 1 aliphatic rings. The van der Waals surface area contributed by atoms with Gasteiger partial charge in [0.1, 0.15) is 0 Å². The van der Waals surface area contributed by atoms with Crippen LogP contribution < -0.4 is 10.6 Å². The van der Waals surface area contributed by atoms with Gasteiger partial charge in [-0.3, -0.25) is 4.79 Å². The van der Waals surface area contributed by atoms with Crippen molar-refractivity contribution in [3.63, 3.8) is 0 Å². The maximum Gasteiger partial charge on any atom is 0.194 e. The van der Waals surface area contributed by atoms with Crippen molar-refractivity contribution in [1.82, 2.24) is 10.6 Å². The quantitative estimate of drug-likeness (QED) is 0.319. The summed E-state index contributed by atoms with van der Waals surface area (Å²) in [5.74, 6) is 2.37. The van der Waals surface area contributed by atoms with Crippen LogP contribution in [0, 0.1) is 0 Å². The summed E-state index contributed by atoms with van der Waals surface area (Å²) in [6, 6.07) is 12.7. The van der Waals surface area contributed by atoms with Crippen molar-refractivity contribution in [2.45, 2.75) is 35.5 Å². The number of unbranched alkanes of at least 4 members (excludes halogenated alkanes) is 2. The van der Waals surface area contributed by atoms with Gasteiger partial charge in [-0.15, -0.1) is 23.5 Å². The zero-order valence-corrected chi connectivity index (χ0v) is 18.5. The zero-order valence-electron chi connectivity index (χ0n) is 16.8. The summed E-state index contributed by atoms with van der Waals surface area (Å²) in [6.45, 7) is 2.13. The van der Waals surface area contributed by atoms with Gasteiger partial charge >= 0.3 is 0 Å². The average Bonchev–Trinajstić information content (AvgIpc) is 2.99. The fourth-order valence-corrected chi connectivity index (χ4v) is 5.30. The second kappa shape index (κ2) is 11.1. The first-order valence-electron chi connectivity index (χ1n) is 10.1. The van der Waals surface area contributed by atoms with E-state index >= 15 is 0 Å². The van der Waals surface area contributed by atoms with Crippen LogP contribution in [0.1, 0.15) is 41.6 Å². The number of carbonyl (C=O) groups excluding carboxylic acids is 1. The number of carbonyl (C=O) groups is 1. The molecule has 28 heavy (non-hydrogen) atoms. The molecule has 0 heterocycles. The van der Waals surface area contributed by atoms with Crippen LogP contribution in [0.2, 0.25) is 0 Å². The highest BCUT2D eigenvalue weighted by Gasteiger charge is 2.27. The van der Waals surface area contributed by atoms with E-state index < -0.39 is 0 Å². The van der Waals surface area contributed by atoms with E-state index in [1.54, 1.807) is 0 Å². The smallest absolute Gasteiger partial charge is 0.194 e. The molecular weight excluding hydrogens is 384 g/mol. The Morgan fingerprint density at radius 2 is 1.14 bits per heavy atom. The normalized spacial score (nSPS) is 12.3. The monoisotopic (exact) mass is 414 g/mol. The second-order valence-electron chi connectivity index (χ2n) is 7.06. The summed E-state index contributed by atoms with van der Waals surface area (Å²) in [5, 5.41) is 6.37. The third kappa shape index (κ3) is 5.41. The highest BCUT2D eigenvalue weighted by molar-refractivity contribution is 7.99. The lowest BCUT2D eigenvalue weighted by Gasteiger charge is -2.05. The van der Waals surface area contributed by atoms with E-state index in [-0.39, 0.29) is 5.78 Å². The van der Waals surface area contributed by atoms with Gasteiger partial charge in [-0.05, 0) is 99.8 Å². The summed E-state index contributed by atoms with van der Waals surface area (Å²) < 4.78 is 0. The van der Waals surface area contributed by atoms with E-state index in [9.17, 15) is 4.79 Å². The molecule has 0 bridgehead atoms. The number of thioether (sulfide) groups is 2. The molecule has 3 rings (SSSR count). The van der Waals surface area contributed by atoms with Crippen LogP contribution in [-0.4, -0.2) is 44.5 Å². The Balaban J connectivity index is 1.62. The fraction of sp³-hybridized carbons (Fsp3) is 0.435. The van der Waals surface area contributed by atoms with Crippen molar-refractivity contribution in [2.75, 3.05) is 38.7 Å². The first kappa shape index (κ1) is 21.4. The molecule has 0 saturated heterocycles. The van der Waals surface area contributed by atoms with Crippen LogP contribution >= 0.6 is 23.5 Å². The summed E-state index contributed by atoms with van der Waals surface area (Å²) >= 11 is 3.70. The van der Waals surface area contributed by atoms with Crippen molar-refractivity contribution in [2.24, 2.45) is 0 Å². The maximum atomic E-state index is 13.0. The molecule has 2 aromatic carbocycles. The van der Waals surface area contributed by atoms with Crippen molar-refractivity contribution in [3.8, 4) is 11.1 Å². The van der Waals surface area contributed by atoms with Crippen LogP contribution in [0.4, 0.5) is 0 Å². The molecule has 0 fully saturated rings. The largest absolute Gasteiger partial charge is 0.320 e. The Labute approximate surface area is 177 Å². The number of nitrogens with one attached hydrogen (secondary N) is 2. The third-order valence-electron chi connectivity index (χ3n) is 4.94. The SMILES string of the molecule is CNCCCCSc1ccc2c(c1)C(=O)c1cc(SCCCCNC)ccc1-2. The van der Waals surface area contributed by atoms with E-state index in [4.69, 9.17) is 0 Å². The van der Waals surface area contributed by atoms with Crippen molar-refractivity contribution in [3.05, 3.63) is 47.5 Å². The standard InChI is InChI=1S/C23H30N2OS2/c1-24-11-3-5-13-27-17-7-9-19-20-10-8-18(28-14-6-4-12-25-2)16-22(20)23(26)21(19)15-17/h7-10,15-16,24-25H,3-6,11-14H2,1-2H3. The minimum atomic E-state index is 0.181. The number of hydrogen-bond donors (Lipinski definition) is 2. The molecule has 0 amide bonds. The second-order valence-corrected chi connectivity index (χ2v) is 9.40. The number of ketones is 1. The van der Waals surface area contributed by atoms with Gasteiger partial charge in [-0.2, -0.15) is 0 Å². The summed E-state index contributed by atoms with van der Waals surface area (Å²) in [4.78, 5) is 15.4. The first-order chi connectivity index (χ1) is 13.7. The molecule has 150 valence electrons. The number of fused-ring (bicyclic) bond motifs is 3. The average molecular weight is 415 g/mol. The van der Waals surface area contributed by atoms with Gasteiger partial charge in [-0.25, -0.2) is 0 Å². The van der Waals surface area contributed by atoms with E-state index in [0.29, 0.717) is 0 Å². The molecule has 0 spiro atoms. The van der Waals surface area contributed by atoms with Crippen LogP contribution in [-0.2, 0) is 0 Å². The molecular formula is C23H30N2OS2. The molecule has 2 N–H and O–H groups in total. The van der Waals surface area contributed by atoms with Crippen LogP contribution in [0.25, 0.3) is 11.1 Å². The van der Waals surface area contributed by atoms with Crippen molar-refractivity contribution in [1.29, 1.82) is 0 Å². The summed E-state index contributed by atoms with van der Waals surface area (Å²) in [5.41, 5.74) is 3.91. The Hall–Kier alpha value is -1.27. The topological polar surface area (TPSA) is 41.1 Å². The predicted octanol–water partition coefficient (Wildman–Crippen LogP) is 5.08. The van der Waals surface area contributed by atoms with Gasteiger partial charge in [-0.1, -0.05) is 12.1 Å². The highest BCUT2D eigenvalue weighted by atomic mass is 32.2. The predicted molar refractivity (Wildman–Crippen MR) is 123 cm³/mol. The summed E-state index contributed by atoms with van der Waals surface area (Å²) in [6.07, 6.45) is 4.75. The molecule has 0 saturated carbocycles. The Morgan fingerprint density at radius 1 is 0.679 bits per heavy atom. The summed E-state index contributed by atoms with van der Waals surface area (Å²) in [7, 11) is 3.98. The van der Waals surface area contributed by atoms with Crippen LogP contribution in [0.3, 0.4) is 0 Å². The van der Waals surface area contributed by atoms with Crippen LogP contribution in [0.5, 0.6) is 0 Å². The van der Waals surface area contributed by atoms with E-state index in [1.165, 1.54) is 35.5 Å². The molecule has 0 radical (unpaired) electrons. The van der Waals surface area contributed by atoms with Gasteiger partial charge < -0.3 is 10.6 Å². The minimum absolute atomic E-state index is 0.181. The molecule has 0 unspecified atom stereocenters. The maximum absolute atomic E-state index is 13.0. The molecule has 0 aliphatic heterocycles. The van der Waals surface area contributed by atoms with E-state index in [2.05, 4.69) is 47.0 Å². The van der Waals surface area contributed by atoms with Gasteiger partial charge in [0.25, 0.3) is 0 Å². The number of benzene rings is 2. The Kier molecular flexibility index (Phi) is 8.46. The number of rotatable bonds is 12. The lowest BCUT2D eigenvalue weighted by molar-refractivity contribution is 0.104. The van der Waals surface area contributed by atoms with E-state index in [0.717, 1.165) is 46.8 Å². The van der Waals surface area contributed by atoms with Gasteiger partial charge in [0.05, 0.1) is 0 Å². The van der Waals surface area contributed by atoms with Crippen molar-refractivity contribution < 1.29 is 4.79 Å². The highest BCUT2D eigenvalue weighted by Crippen LogP contribution is 2.40. The van der Waals surface area contributed by atoms with Gasteiger partial charge in [0, 0.05) is 20.9 Å². The van der Waals surface area contributed by atoms with Gasteiger partial charge in [0.15, 0.2) is 5.78 Å². The number of hydrogen-bond acceptors (Lipinski definition) is 5. The van der Waals surface area contributed by atoms with Crippen molar-refractivity contribution >= 4 is 29.3 Å². The minimum Gasteiger partial charge on any atom is -0.320 e. The van der Waals surface area contributed by atoms with Gasteiger partial charge in [0.2, 0.25) is 0 Å². The molecule has 1 aliphatic carbocycles. The molecule has 0 atom stereocenters. The zero-order chi connectivity index (χ0) is 19.8. The third-order valence-corrected chi connectivity index (χ3v) is 7.10.